The van der Waals surface area contributed by atoms with E-state index in [1.165, 1.54) is 12.1 Å². The van der Waals surface area contributed by atoms with E-state index in [1.807, 2.05) is 27.7 Å². The molecule has 0 unspecified atom stereocenters. The second kappa shape index (κ2) is 11.3. The molecule has 4 nitrogen and oxygen atoms in total. The number of hydrogen-bond acceptors (Lipinski definition) is 4. The first-order valence-electron chi connectivity index (χ1n) is 7.81. The van der Waals surface area contributed by atoms with Crippen LogP contribution in [0.1, 0.15) is 33.3 Å². The Morgan fingerprint density at radius 1 is 1.00 bits per heavy atom. The van der Waals surface area contributed by atoms with E-state index in [0.717, 1.165) is 42.3 Å². The summed E-state index contributed by atoms with van der Waals surface area (Å²) in [6.07, 6.45) is -4.44. The van der Waals surface area contributed by atoms with Crippen LogP contribution in [0.5, 0.6) is 0 Å². The lowest BCUT2D eigenvalue weighted by Crippen LogP contribution is -2.04. The maximum atomic E-state index is 13.1. The maximum Gasteiger partial charge on any atom is 0.416 e. The number of rotatable bonds is 4. The molecule has 0 aliphatic rings. The van der Waals surface area contributed by atoms with Crippen LogP contribution < -0.4 is 4.72 Å². The molecule has 0 atom stereocenters. The molecule has 144 valence electrons. The van der Waals surface area contributed by atoms with E-state index >= 15 is 0 Å². The van der Waals surface area contributed by atoms with Crippen molar-refractivity contribution >= 4 is 23.3 Å². The summed E-state index contributed by atoms with van der Waals surface area (Å²) >= 11 is 0.743. The number of nitro benzene ring substituents is 1. The van der Waals surface area contributed by atoms with Crippen LogP contribution in [0, 0.1) is 15.9 Å². The Balaban J connectivity index is 0.00000146. The van der Waals surface area contributed by atoms with Gasteiger partial charge in [0.1, 0.15) is 10.7 Å². The van der Waals surface area contributed by atoms with E-state index in [-0.39, 0.29) is 10.6 Å². The molecule has 0 saturated heterocycles. The largest absolute Gasteiger partial charge is 0.416 e. The van der Waals surface area contributed by atoms with Gasteiger partial charge in [-0.05, 0) is 48.3 Å². The summed E-state index contributed by atoms with van der Waals surface area (Å²) in [4.78, 5) is 10.2. The van der Waals surface area contributed by atoms with Gasteiger partial charge < -0.3 is 4.72 Å². The van der Waals surface area contributed by atoms with Crippen molar-refractivity contribution < 1.29 is 22.5 Å². The van der Waals surface area contributed by atoms with E-state index in [0.29, 0.717) is 5.69 Å². The highest BCUT2D eigenvalue weighted by molar-refractivity contribution is 8.00. The van der Waals surface area contributed by atoms with Gasteiger partial charge in [0.15, 0.2) is 0 Å². The van der Waals surface area contributed by atoms with Crippen molar-refractivity contribution in [3.8, 4) is 0 Å². The fraction of sp³-hybridized carbons (Fsp3) is 0.294. The third kappa shape index (κ3) is 7.30. The number of halogens is 4. The fourth-order valence-electron chi connectivity index (χ4n) is 1.56. The number of hydrogen-bond donors (Lipinski definition) is 1. The molecule has 0 aromatic heterocycles. The van der Waals surface area contributed by atoms with Crippen molar-refractivity contribution in [1.29, 1.82) is 0 Å². The molecule has 0 aliphatic carbocycles. The lowest BCUT2D eigenvalue weighted by Gasteiger charge is -2.09. The Morgan fingerprint density at radius 3 is 2.00 bits per heavy atom. The van der Waals surface area contributed by atoms with Gasteiger partial charge in [0.25, 0.3) is 5.69 Å². The van der Waals surface area contributed by atoms with E-state index in [1.54, 1.807) is 0 Å². The fourth-order valence-corrected chi connectivity index (χ4v) is 2.34. The first-order chi connectivity index (χ1) is 12.3. The molecular weight excluding hydrogens is 372 g/mol. The van der Waals surface area contributed by atoms with Gasteiger partial charge in [-0.15, -0.1) is 0 Å². The van der Waals surface area contributed by atoms with Crippen molar-refractivity contribution in [1.82, 2.24) is 0 Å². The quantitative estimate of drug-likeness (QED) is 0.265. The highest BCUT2D eigenvalue weighted by Crippen LogP contribution is 2.33. The summed E-state index contributed by atoms with van der Waals surface area (Å²) in [6, 6.07) is 7.07. The zero-order chi connectivity index (χ0) is 20.3. The van der Waals surface area contributed by atoms with Gasteiger partial charge in [-0.3, -0.25) is 10.1 Å². The lowest BCUT2D eigenvalue weighted by molar-refractivity contribution is -0.387. The molecule has 0 aliphatic heterocycles. The number of nitro groups is 1. The minimum absolute atomic E-state index is 0.0184. The van der Waals surface area contributed by atoms with Crippen molar-refractivity contribution in [2.75, 3.05) is 4.72 Å². The average molecular weight is 392 g/mol. The summed E-state index contributed by atoms with van der Waals surface area (Å²) < 4.78 is 53.0. The third-order valence-electron chi connectivity index (χ3n) is 2.61. The SMILES string of the molecule is CC.CC.O=[N+]([O-])c1ccc(F)cc1SNc1ccc(C(F)(F)F)cc1. The van der Waals surface area contributed by atoms with Crippen molar-refractivity contribution in [2.45, 2.75) is 38.8 Å². The maximum absolute atomic E-state index is 13.1. The minimum atomic E-state index is -4.44. The Morgan fingerprint density at radius 2 is 1.54 bits per heavy atom. The second-order valence-corrected chi connectivity index (χ2v) is 5.00. The Hall–Kier alpha value is -2.29. The Labute approximate surface area is 153 Å². The van der Waals surface area contributed by atoms with Gasteiger partial charge in [0.05, 0.1) is 10.5 Å². The van der Waals surface area contributed by atoms with Crippen molar-refractivity contribution in [3.05, 3.63) is 64.0 Å². The molecular formula is C17H20F4N2O2S. The minimum Gasteiger partial charge on any atom is -0.325 e. The highest BCUT2D eigenvalue weighted by Gasteiger charge is 2.29. The Kier molecular flexibility index (Phi) is 10.3. The lowest BCUT2D eigenvalue weighted by atomic mass is 10.2. The summed E-state index contributed by atoms with van der Waals surface area (Å²) in [7, 11) is 0. The highest BCUT2D eigenvalue weighted by atomic mass is 32.2. The van der Waals surface area contributed by atoms with Crippen LogP contribution in [0.4, 0.5) is 28.9 Å². The number of anilines is 1. The van der Waals surface area contributed by atoms with Crippen LogP contribution in [-0.2, 0) is 6.18 Å². The van der Waals surface area contributed by atoms with Crippen LogP contribution in [0.15, 0.2) is 47.4 Å². The van der Waals surface area contributed by atoms with Gasteiger partial charge in [-0.25, -0.2) is 4.39 Å². The van der Waals surface area contributed by atoms with Gasteiger partial charge >= 0.3 is 6.18 Å². The average Bonchev–Trinajstić information content (AvgIpc) is 2.63. The molecule has 1 N–H and O–H groups in total. The van der Waals surface area contributed by atoms with Gasteiger partial charge in [0, 0.05) is 11.8 Å². The van der Waals surface area contributed by atoms with Gasteiger partial charge in [0.2, 0.25) is 0 Å². The molecule has 2 aromatic rings. The number of benzene rings is 2. The summed E-state index contributed by atoms with van der Waals surface area (Å²) in [5.74, 6) is -0.651. The number of nitrogens with zero attached hydrogens (tertiary/aromatic N) is 1. The first-order valence-corrected chi connectivity index (χ1v) is 8.63. The molecule has 26 heavy (non-hydrogen) atoms. The van der Waals surface area contributed by atoms with Crippen LogP contribution in [0.2, 0.25) is 0 Å². The molecule has 0 bridgehead atoms. The number of alkyl halides is 3. The molecule has 2 aromatic carbocycles. The zero-order valence-corrected chi connectivity index (χ0v) is 15.5. The smallest absolute Gasteiger partial charge is 0.325 e. The molecule has 0 radical (unpaired) electrons. The zero-order valence-electron chi connectivity index (χ0n) is 14.7. The molecule has 0 amide bonds. The van der Waals surface area contributed by atoms with Gasteiger partial charge in [-0.1, -0.05) is 27.7 Å². The van der Waals surface area contributed by atoms with E-state index in [4.69, 9.17) is 0 Å². The van der Waals surface area contributed by atoms with Crippen LogP contribution in [0.3, 0.4) is 0 Å². The molecule has 9 heteroatoms. The predicted molar refractivity (Wildman–Crippen MR) is 96.7 cm³/mol. The molecule has 2 rings (SSSR count). The van der Waals surface area contributed by atoms with E-state index < -0.39 is 22.5 Å². The molecule has 0 fully saturated rings. The molecule has 0 heterocycles. The summed E-state index contributed by atoms with van der Waals surface area (Å²) in [5.41, 5.74) is -0.804. The van der Waals surface area contributed by atoms with E-state index in [9.17, 15) is 27.7 Å². The van der Waals surface area contributed by atoms with Crippen LogP contribution in [-0.4, -0.2) is 4.92 Å². The predicted octanol–water partition coefficient (Wildman–Crippen LogP) is 6.92. The standard InChI is InChI=1S/C13H8F4N2O2S.2C2H6/c14-9-3-6-11(19(20)21)12(7-9)22-18-10-4-1-8(2-5-10)13(15,16)17;2*1-2/h1-7,18H;2*1-2H3. The monoisotopic (exact) mass is 392 g/mol. The molecule has 0 spiro atoms. The van der Waals surface area contributed by atoms with Gasteiger partial charge in [-0.2, -0.15) is 13.2 Å². The third-order valence-corrected chi connectivity index (χ3v) is 3.49. The number of nitrogens with one attached hydrogen (secondary N) is 1. The van der Waals surface area contributed by atoms with Crippen molar-refractivity contribution in [3.63, 3.8) is 0 Å². The summed E-state index contributed by atoms with van der Waals surface area (Å²) in [5, 5.41) is 10.8. The van der Waals surface area contributed by atoms with Crippen molar-refractivity contribution in [2.24, 2.45) is 0 Å². The molecule has 0 saturated carbocycles. The Bertz CT molecular complexity index is 692. The summed E-state index contributed by atoms with van der Waals surface area (Å²) in [6.45, 7) is 8.00. The van der Waals surface area contributed by atoms with Crippen LogP contribution in [0.25, 0.3) is 0 Å². The first kappa shape index (κ1) is 23.7. The second-order valence-electron chi connectivity index (χ2n) is 4.15. The normalized spacial score (nSPS) is 10.0. The topological polar surface area (TPSA) is 55.2 Å². The van der Waals surface area contributed by atoms with E-state index in [2.05, 4.69) is 4.72 Å². The van der Waals surface area contributed by atoms with Crippen LogP contribution >= 0.6 is 11.9 Å².